The van der Waals surface area contributed by atoms with E-state index in [0.29, 0.717) is 17.1 Å². The summed E-state index contributed by atoms with van der Waals surface area (Å²) in [4.78, 5) is 0.334. The van der Waals surface area contributed by atoms with E-state index >= 15 is 0 Å². The van der Waals surface area contributed by atoms with E-state index in [9.17, 15) is 8.42 Å². The Morgan fingerprint density at radius 2 is 1.90 bits per heavy atom. The molecule has 1 aliphatic rings. The van der Waals surface area contributed by atoms with Gasteiger partial charge < -0.3 is 5.32 Å². The fourth-order valence-corrected chi connectivity index (χ4v) is 4.98. The summed E-state index contributed by atoms with van der Waals surface area (Å²) in [6.45, 7) is 2.99. The van der Waals surface area contributed by atoms with E-state index in [1.807, 2.05) is 23.9 Å². The number of hydrogen-bond acceptors (Lipinski definition) is 4. The Kier molecular flexibility index (Phi) is 5.57. The van der Waals surface area contributed by atoms with Crippen LogP contribution in [0.25, 0.3) is 0 Å². The second kappa shape index (κ2) is 7.03. The Labute approximate surface area is 132 Å². The van der Waals surface area contributed by atoms with E-state index < -0.39 is 10.0 Å². The van der Waals surface area contributed by atoms with Crippen LogP contribution in [0.4, 0.5) is 5.69 Å². The zero-order valence-electron chi connectivity index (χ0n) is 12.7. The van der Waals surface area contributed by atoms with Crippen molar-refractivity contribution in [3.05, 3.63) is 24.3 Å². The third kappa shape index (κ3) is 3.93. The van der Waals surface area contributed by atoms with Crippen molar-refractivity contribution in [2.45, 2.75) is 42.2 Å². The van der Waals surface area contributed by atoms with Crippen molar-refractivity contribution >= 4 is 27.5 Å². The van der Waals surface area contributed by atoms with E-state index in [1.54, 1.807) is 19.1 Å². The van der Waals surface area contributed by atoms with Crippen LogP contribution in [0.1, 0.15) is 32.6 Å². The predicted octanol–water partition coefficient (Wildman–Crippen LogP) is 3.07. The Hall–Kier alpha value is -0.720. The minimum atomic E-state index is -3.43. The third-order valence-electron chi connectivity index (χ3n) is 4.06. The van der Waals surface area contributed by atoms with Gasteiger partial charge in [-0.25, -0.2) is 13.1 Å². The zero-order chi connectivity index (χ0) is 15.3. The maximum Gasteiger partial charge on any atom is 0.242 e. The normalized spacial score (nSPS) is 17.8. The van der Waals surface area contributed by atoms with E-state index in [1.165, 1.54) is 25.7 Å². The molecule has 1 saturated carbocycles. The first-order valence-corrected chi connectivity index (χ1v) is 10.1. The second-order valence-electron chi connectivity index (χ2n) is 5.45. The molecule has 1 aromatic rings. The smallest absolute Gasteiger partial charge is 0.242 e. The van der Waals surface area contributed by atoms with Gasteiger partial charge in [-0.15, -0.1) is 0 Å². The average molecular weight is 329 g/mol. The van der Waals surface area contributed by atoms with Gasteiger partial charge >= 0.3 is 0 Å². The molecule has 0 amide bonds. The Morgan fingerprint density at radius 3 is 2.52 bits per heavy atom. The minimum absolute atomic E-state index is 0.245. The molecule has 118 valence electrons. The van der Waals surface area contributed by atoms with Crippen molar-refractivity contribution < 1.29 is 8.42 Å². The van der Waals surface area contributed by atoms with Crippen molar-refractivity contribution in [1.82, 2.24) is 4.72 Å². The van der Waals surface area contributed by atoms with Crippen molar-refractivity contribution in [2.75, 3.05) is 24.7 Å². The summed E-state index contributed by atoms with van der Waals surface area (Å²) in [7, 11) is -3.43. The van der Waals surface area contributed by atoms with Crippen LogP contribution < -0.4 is 10.0 Å². The van der Waals surface area contributed by atoms with Gasteiger partial charge in [-0.2, -0.15) is 11.8 Å². The van der Waals surface area contributed by atoms with Crippen molar-refractivity contribution in [2.24, 2.45) is 0 Å². The summed E-state index contributed by atoms with van der Waals surface area (Å²) in [5, 5.41) is 3.37. The lowest BCUT2D eigenvalue weighted by atomic mass is 10.1. The monoisotopic (exact) mass is 328 g/mol. The molecule has 0 radical (unpaired) electrons. The topological polar surface area (TPSA) is 58.2 Å². The summed E-state index contributed by atoms with van der Waals surface area (Å²) in [6, 6.07) is 7.12. The molecule has 2 N–H and O–H groups in total. The Bertz CT molecular complexity index is 567. The molecule has 0 spiro atoms. The number of thioether (sulfide) groups is 1. The molecule has 1 aromatic carbocycles. The van der Waals surface area contributed by atoms with Crippen molar-refractivity contribution in [1.29, 1.82) is 0 Å². The first kappa shape index (κ1) is 16.6. The number of benzene rings is 1. The van der Waals surface area contributed by atoms with Gasteiger partial charge in [0.25, 0.3) is 0 Å². The first-order valence-electron chi connectivity index (χ1n) is 7.41. The lowest BCUT2D eigenvalue weighted by Gasteiger charge is -2.28. The number of sulfonamides is 1. The van der Waals surface area contributed by atoms with Crippen LogP contribution >= 0.6 is 11.8 Å². The molecule has 0 aromatic heterocycles. The van der Waals surface area contributed by atoms with Gasteiger partial charge in [-0.3, -0.25) is 0 Å². The Morgan fingerprint density at radius 1 is 1.24 bits per heavy atom. The van der Waals surface area contributed by atoms with Crippen LogP contribution in [0, 0.1) is 0 Å². The van der Waals surface area contributed by atoms with E-state index in [2.05, 4.69) is 16.3 Å². The molecule has 0 atom stereocenters. The summed E-state index contributed by atoms with van der Waals surface area (Å²) >= 11 is 1.90. The molecule has 6 heteroatoms. The molecule has 0 saturated heterocycles. The molecule has 0 bridgehead atoms. The highest BCUT2D eigenvalue weighted by Gasteiger charge is 2.33. The summed E-state index contributed by atoms with van der Waals surface area (Å²) < 4.78 is 27.3. The van der Waals surface area contributed by atoms with Gasteiger partial charge in [-0.1, -0.05) is 31.9 Å². The summed E-state index contributed by atoms with van der Waals surface area (Å²) in [5.74, 6) is 0. The van der Waals surface area contributed by atoms with Gasteiger partial charge in [0.15, 0.2) is 0 Å². The number of hydrogen-bond donors (Lipinski definition) is 2. The third-order valence-corrected chi connectivity index (χ3v) is 7.08. The van der Waals surface area contributed by atoms with Crippen molar-refractivity contribution in [3.8, 4) is 0 Å². The number of nitrogens with one attached hydrogen (secondary N) is 2. The molecular weight excluding hydrogens is 304 g/mol. The number of rotatable bonds is 7. The summed E-state index contributed by atoms with van der Waals surface area (Å²) in [6.07, 6.45) is 7.07. The predicted molar refractivity (Wildman–Crippen MR) is 90.5 cm³/mol. The summed E-state index contributed by atoms with van der Waals surface area (Å²) in [5.41, 5.74) is 0.693. The minimum Gasteiger partial charge on any atom is -0.383 e. The molecule has 1 fully saturated rings. The van der Waals surface area contributed by atoms with Gasteiger partial charge in [0.05, 0.1) is 5.69 Å². The van der Waals surface area contributed by atoms with Gasteiger partial charge in [-0.05, 0) is 31.2 Å². The van der Waals surface area contributed by atoms with Crippen LogP contribution in [-0.2, 0) is 10.0 Å². The van der Waals surface area contributed by atoms with Crippen LogP contribution in [0.2, 0.25) is 0 Å². The highest BCUT2D eigenvalue weighted by Crippen LogP contribution is 2.40. The molecule has 0 heterocycles. The fourth-order valence-electron chi connectivity index (χ4n) is 2.84. The lowest BCUT2D eigenvalue weighted by Crippen LogP contribution is -2.31. The average Bonchev–Trinajstić information content (AvgIpc) is 2.95. The molecular formula is C15H24N2O2S2. The lowest BCUT2D eigenvalue weighted by molar-refractivity contribution is 0.583. The van der Waals surface area contributed by atoms with Gasteiger partial charge in [0.2, 0.25) is 10.0 Å². The number of anilines is 1. The molecule has 0 unspecified atom stereocenters. The van der Waals surface area contributed by atoms with Gasteiger partial charge in [0, 0.05) is 17.8 Å². The van der Waals surface area contributed by atoms with Crippen molar-refractivity contribution in [3.63, 3.8) is 0 Å². The van der Waals surface area contributed by atoms with E-state index in [-0.39, 0.29) is 4.75 Å². The number of para-hydroxylation sites is 1. The first-order chi connectivity index (χ1) is 10.0. The van der Waals surface area contributed by atoms with Gasteiger partial charge in [0.1, 0.15) is 4.90 Å². The molecule has 2 rings (SSSR count). The molecule has 0 aliphatic heterocycles. The van der Waals surface area contributed by atoms with Crippen LogP contribution in [0.15, 0.2) is 29.2 Å². The van der Waals surface area contributed by atoms with Crippen LogP contribution in [-0.4, -0.2) is 32.5 Å². The fraction of sp³-hybridized carbons (Fsp3) is 0.600. The highest BCUT2D eigenvalue weighted by molar-refractivity contribution is 8.00. The maximum absolute atomic E-state index is 12.2. The van der Waals surface area contributed by atoms with E-state index in [4.69, 9.17) is 0 Å². The largest absolute Gasteiger partial charge is 0.383 e. The van der Waals surface area contributed by atoms with Crippen LogP contribution in [0.5, 0.6) is 0 Å². The Balaban J connectivity index is 2.17. The van der Waals surface area contributed by atoms with Crippen LogP contribution in [0.3, 0.4) is 0 Å². The second-order valence-corrected chi connectivity index (χ2v) is 8.45. The quantitative estimate of drug-likeness (QED) is 0.807. The molecule has 4 nitrogen and oxygen atoms in total. The van der Waals surface area contributed by atoms with E-state index in [0.717, 1.165) is 6.54 Å². The molecule has 21 heavy (non-hydrogen) atoms. The zero-order valence-corrected chi connectivity index (χ0v) is 14.3. The standard InChI is InChI=1S/C15H24N2O2S2/c1-3-17-21(18,19)14-9-5-4-8-13(14)16-12-15(20-2)10-6-7-11-15/h4-5,8-9,16-17H,3,6-7,10-12H2,1-2H3. The highest BCUT2D eigenvalue weighted by atomic mass is 32.2. The maximum atomic E-state index is 12.2. The SMILES string of the molecule is CCNS(=O)(=O)c1ccccc1NCC1(SC)CCCC1. The molecule has 1 aliphatic carbocycles.